The van der Waals surface area contributed by atoms with Crippen molar-refractivity contribution in [3.63, 3.8) is 0 Å². The van der Waals surface area contributed by atoms with E-state index < -0.39 is 0 Å². The zero-order valence-corrected chi connectivity index (χ0v) is 9.41. The molecule has 0 saturated carbocycles. The fraction of sp³-hybridized carbons (Fsp3) is 0.400. The molecule has 2 N–H and O–H groups in total. The van der Waals surface area contributed by atoms with E-state index in [-0.39, 0.29) is 23.0 Å². The van der Waals surface area contributed by atoms with Gasteiger partial charge in [-0.1, -0.05) is 19.1 Å². The van der Waals surface area contributed by atoms with Gasteiger partial charge in [0.25, 0.3) is 5.69 Å². The highest BCUT2D eigenvalue weighted by Crippen LogP contribution is 2.11. The number of hydrogen-bond acceptors (Lipinski definition) is 2. The number of nitro groups is 1. The van der Waals surface area contributed by atoms with Crippen LogP contribution in [0.25, 0.3) is 0 Å². The third-order valence-electron chi connectivity index (χ3n) is 1.99. The fourth-order valence-corrected chi connectivity index (χ4v) is 1.27. The van der Waals surface area contributed by atoms with Crippen molar-refractivity contribution < 1.29 is 22.6 Å². The molecular formula is C10H15ClN2O2. The summed E-state index contributed by atoms with van der Waals surface area (Å²) in [5, 5.41) is 12.6. The molecule has 0 aliphatic carbocycles. The Morgan fingerprint density at radius 1 is 1.47 bits per heavy atom. The van der Waals surface area contributed by atoms with Gasteiger partial charge in [0, 0.05) is 17.7 Å². The number of rotatable bonds is 5. The SMILES string of the molecule is CCC[NH2+]Cc1cccc([N+](=O)[O-])c1.[Cl-]. The molecule has 0 atom stereocenters. The van der Waals surface area contributed by atoms with Crippen LogP contribution in [-0.2, 0) is 6.54 Å². The van der Waals surface area contributed by atoms with Crippen LogP contribution in [0.15, 0.2) is 24.3 Å². The van der Waals surface area contributed by atoms with Crippen LogP contribution in [0, 0.1) is 10.1 Å². The van der Waals surface area contributed by atoms with Crippen LogP contribution in [0.1, 0.15) is 18.9 Å². The highest BCUT2D eigenvalue weighted by molar-refractivity contribution is 5.33. The minimum absolute atomic E-state index is 0. The smallest absolute Gasteiger partial charge is 0.269 e. The summed E-state index contributed by atoms with van der Waals surface area (Å²) in [7, 11) is 0. The minimum Gasteiger partial charge on any atom is -1.00 e. The zero-order chi connectivity index (χ0) is 10.4. The summed E-state index contributed by atoms with van der Waals surface area (Å²) in [6.07, 6.45) is 1.12. The Hall–Kier alpha value is -1.13. The van der Waals surface area contributed by atoms with Crippen molar-refractivity contribution >= 4 is 5.69 Å². The summed E-state index contributed by atoms with van der Waals surface area (Å²) >= 11 is 0. The van der Waals surface area contributed by atoms with Crippen LogP contribution < -0.4 is 17.7 Å². The van der Waals surface area contributed by atoms with Crippen molar-refractivity contribution in [2.24, 2.45) is 0 Å². The van der Waals surface area contributed by atoms with E-state index in [1.807, 2.05) is 6.07 Å². The number of halogens is 1. The van der Waals surface area contributed by atoms with Gasteiger partial charge in [-0.05, 0) is 6.42 Å². The van der Waals surface area contributed by atoms with Crippen molar-refractivity contribution in [2.45, 2.75) is 19.9 Å². The first-order chi connectivity index (χ1) is 6.74. The van der Waals surface area contributed by atoms with Crippen molar-refractivity contribution in [2.75, 3.05) is 6.54 Å². The van der Waals surface area contributed by atoms with E-state index in [1.165, 1.54) is 6.07 Å². The summed E-state index contributed by atoms with van der Waals surface area (Å²) in [6.45, 7) is 3.99. The molecule has 0 spiro atoms. The molecule has 4 nitrogen and oxygen atoms in total. The van der Waals surface area contributed by atoms with E-state index in [4.69, 9.17) is 0 Å². The first kappa shape index (κ1) is 13.9. The van der Waals surface area contributed by atoms with Gasteiger partial charge in [-0.3, -0.25) is 10.1 Å². The largest absolute Gasteiger partial charge is 1.00 e. The van der Waals surface area contributed by atoms with Gasteiger partial charge in [-0.25, -0.2) is 0 Å². The van der Waals surface area contributed by atoms with Gasteiger partial charge in [0.15, 0.2) is 0 Å². The predicted octanol–water partition coefficient (Wildman–Crippen LogP) is -1.93. The molecule has 0 saturated heterocycles. The van der Waals surface area contributed by atoms with Gasteiger partial charge in [0.05, 0.1) is 11.5 Å². The maximum atomic E-state index is 10.5. The predicted molar refractivity (Wildman–Crippen MR) is 53.9 cm³/mol. The molecule has 0 aliphatic rings. The van der Waals surface area contributed by atoms with Crippen LogP contribution in [-0.4, -0.2) is 11.5 Å². The summed E-state index contributed by atoms with van der Waals surface area (Å²) in [5.74, 6) is 0. The quantitative estimate of drug-likeness (QED) is 0.364. The van der Waals surface area contributed by atoms with Crippen LogP contribution in [0.4, 0.5) is 5.69 Å². The van der Waals surface area contributed by atoms with Gasteiger partial charge >= 0.3 is 0 Å². The molecular weight excluding hydrogens is 216 g/mol. The summed E-state index contributed by atoms with van der Waals surface area (Å²) in [6, 6.07) is 6.79. The Bertz CT molecular complexity index is 318. The second-order valence-corrected chi connectivity index (χ2v) is 3.21. The number of hydrogen-bond donors (Lipinski definition) is 1. The van der Waals surface area contributed by atoms with E-state index >= 15 is 0 Å². The molecule has 0 aliphatic heterocycles. The van der Waals surface area contributed by atoms with E-state index in [9.17, 15) is 10.1 Å². The highest BCUT2D eigenvalue weighted by atomic mass is 35.5. The molecule has 15 heavy (non-hydrogen) atoms. The highest BCUT2D eigenvalue weighted by Gasteiger charge is 2.05. The number of nitro benzene ring substituents is 1. The molecule has 0 amide bonds. The molecule has 84 valence electrons. The average molecular weight is 231 g/mol. The first-order valence-corrected chi connectivity index (χ1v) is 4.79. The summed E-state index contributed by atoms with van der Waals surface area (Å²) < 4.78 is 0. The van der Waals surface area contributed by atoms with Crippen molar-refractivity contribution in [3.8, 4) is 0 Å². The van der Waals surface area contributed by atoms with Gasteiger partial charge in [-0.15, -0.1) is 0 Å². The topological polar surface area (TPSA) is 59.8 Å². The number of nitrogens with two attached hydrogens (primary N) is 1. The molecule has 0 fully saturated rings. The van der Waals surface area contributed by atoms with Gasteiger partial charge in [0.2, 0.25) is 0 Å². The third-order valence-corrected chi connectivity index (χ3v) is 1.99. The van der Waals surface area contributed by atoms with Crippen LogP contribution in [0.2, 0.25) is 0 Å². The number of benzene rings is 1. The van der Waals surface area contributed by atoms with E-state index in [0.717, 1.165) is 25.1 Å². The molecule has 5 heteroatoms. The lowest BCUT2D eigenvalue weighted by Gasteiger charge is -1.99. The normalized spacial score (nSPS) is 9.40. The molecule has 0 unspecified atom stereocenters. The Kier molecular flexibility index (Phi) is 6.66. The average Bonchev–Trinajstić information content (AvgIpc) is 2.19. The Labute approximate surface area is 95.2 Å². The molecule has 1 rings (SSSR count). The van der Waals surface area contributed by atoms with E-state index in [1.54, 1.807) is 12.1 Å². The van der Waals surface area contributed by atoms with Crippen LogP contribution in [0.3, 0.4) is 0 Å². The van der Waals surface area contributed by atoms with Gasteiger partial charge < -0.3 is 17.7 Å². The molecule has 1 aromatic rings. The molecule has 0 aromatic heterocycles. The Morgan fingerprint density at radius 3 is 2.80 bits per heavy atom. The van der Waals surface area contributed by atoms with Crippen LogP contribution in [0.5, 0.6) is 0 Å². The summed E-state index contributed by atoms with van der Waals surface area (Å²) in [5.41, 5.74) is 1.18. The standard InChI is InChI=1S/C10H14N2O2.ClH/c1-2-6-11-8-9-4-3-5-10(7-9)12(13)14;/h3-5,7,11H,2,6,8H2,1H3;1H. The Morgan fingerprint density at radius 2 is 2.20 bits per heavy atom. The number of nitrogens with zero attached hydrogens (tertiary/aromatic N) is 1. The second kappa shape index (κ2) is 7.20. The zero-order valence-electron chi connectivity index (χ0n) is 8.65. The molecule has 1 aromatic carbocycles. The molecule has 0 heterocycles. The third kappa shape index (κ3) is 4.76. The van der Waals surface area contributed by atoms with Crippen molar-refractivity contribution in [1.82, 2.24) is 0 Å². The number of quaternary nitrogens is 1. The van der Waals surface area contributed by atoms with Crippen LogP contribution >= 0.6 is 0 Å². The van der Waals surface area contributed by atoms with Crippen molar-refractivity contribution in [1.29, 1.82) is 0 Å². The lowest BCUT2D eigenvalue weighted by Crippen LogP contribution is -3.00. The molecule has 0 bridgehead atoms. The maximum Gasteiger partial charge on any atom is 0.269 e. The van der Waals surface area contributed by atoms with Gasteiger partial charge in [-0.2, -0.15) is 0 Å². The lowest BCUT2D eigenvalue weighted by atomic mass is 10.2. The monoisotopic (exact) mass is 230 g/mol. The fourth-order valence-electron chi connectivity index (χ4n) is 1.27. The maximum absolute atomic E-state index is 10.5. The minimum atomic E-state index is -0.358. The van der Waals surface area contributed by atoms with E-state index in [2.05, 4.69) is 12.2 Å². The second-order valence-electron chi connectivity index (χ2n) is 3.21. The lowest BCUT2D eigenvalue weighted by molar-refractivity contribution is -0.670. The Balaban J connectivity index is 0.00000196. The number of non-ortho nitro benzene ring substituents is 1. The van der Waals surface area contributed by atoms with Crippen molar-refractivity contribution in [3.05, 3.63) is 39.9 Å². The summed E-state index contributed by atoms with van der Waals surface area (Å²) in [4.78, 5) is 10.1. The van der Waals surface area contributed by atoms with E-state index in [0.29, 0.717) is 0 Å². The van der Waals surface area contributed by atoms with Gasteiger partial charge in [0.1, 0.15) is 6.54 Å². The molecule has 0 radical (unpaired) electrons. The first-order valence-electron chi connectivity index (χ1n) is 4.79.